The Morgan fingerprint density at radius 2 is 1.36 bits per heavy atom. The molecule has 50 heavy (non-hydrogen) atoms. The molecule has 0 aromatic heterocycles. The Labute approximate surface area is 302 Å². The van der Waals surface area contributed by atoms with Crippen LogP contribution in [0.4, 0.5) is 13.2 Å². The first kappa shape index (κ1) is 40.8. The normalized spacial score (nSPS) is 22.3. The van der Waals surface area contributed by atoms with E-state index in [1.54, 1.807) is 24.3 Å². The molecule has 0 aliphatic heterocycles. The fourth-order valence-electron chi connectivity index (χ4n) is 7.41. The summed E-state index contributed by atoms with van der Waals surface area (Å²) in [5, 5.41) is 0. The Kier molecular flexibility index (Phi) is 16.6. The zero-order chi connectivity index (χ0) is 36.7. The van der Waals surface area contributed by atoms with Crippen LogP contribution in [0.3, 0.4) is 0 Å². The number of carbonyl (C=O) groups excluding carboxylic acids is 1. The van der Waals surface area contributed by atoms with E-state index < -0.39 is 11.7 Å². The number of benzene rings is 2. The van der Waals surface area contributed by atoms with Gasteiger partial charge in [0.1, 0.15) is 0 Å². The molecule has 0 heterocycles. The van der Waals surface area contributed by atoms with Crippen LogP contribution in [0.25, 0.3) is 0 Å². The van der Waals surface area contributed by atoms with Crippen molar-refractivity contribution in [3.63, 3.8) is 0 Å². The number of alkyl halides is 3. The summed E-state index contributed by atoms with van der Waals surface area (Å²) in [6, 6.07) is 14.7. The van der Waals surface area contributed by atoms with Crippen molar-refractivity contribution in [2.75, 3.05) is 0 Å². The molecule has 0 bridgehead atoms. The first-order chi connectivity index (χ1) is 24.0. The minimum atomic E-state index is -4.30. The van der Waals surface area contributed by atoms with E-state index in [1.165, 1.54) is 29.7 Å². The molecule has 272 valence electrons. The molecular weight excluding hydrogens is 625 g/mol. The summed E-state index contributed by atoms with van der Waals surface area (Å²) in [6.45, 7) is 18.4. The predicted molar refractivity (Wildman–Crippen MR) is 207 cm³/mol. The van der Waals surface area contributed by atoms with Gasteiger partial charge in [0.25, 0.3) is 0 Å². The summed E-state index contributed by atoms with van der Waals surface area (Å²) < 4.78 is 38.6. The molecule has 2 aliphatic rings. The molecule has 3 unspecified atom stereocenters. The number of ketones is 1. The van der Waals surface area contributed by atoms with Crippen LogP contribution in [0.15, 0.2) is 97.1 Å². The van der Waals surface area contributed by atoms with Crippen molar-refractivity contribution in [2.24, 2.45) is 29.6 Å². The zero-order valence-electron chi connectivity index (χ0n) is 31.1. The lowest BCUT2D eigenvalue weighted by Gasteiger charge is -2.25. The third-order valence-corrected chi connectivity index (χ3v) is 10.7. The van der Waals surface area contributed by atoms with Gasteiger partial charge in [-0.2, -0.15) is 13.2 Å². The molecule has 0 amide bonds. The second-order valence-electron chi connectivity index (χ2n) is 14.4. The van der Waals surface area contributed by atoms with Crippen LogP contribution < -0.4 is 0 Å². The number of allylic oxidation sites excluding steroid dienone is 6. The number of Topliss-reactive ketones (excluding diaryl/α,β-unsaturated/α-hetero) is 1. The van der Waals surface area contributed by atoms with Gasteiger partial charge in [-0.25, -0.2) is 0 Å². The highest BCUT2D eigenvalue weighted by Gasteiger charge is 2.30. The number of halogens is 3. The second kappa shape index (κ2) is 20.3. The topological polar surface area (TPSA) is 17.1 Å². The minimum Gasteiger partial charge on any atom is -0.294 e. The number of rotatable bonds is 11. The molecule has 2 saturated carbocycles. The van der Waals surface area contributed by atoms with Crippen LogP contribution >= 0.6 is 0 Å². The van der Waals surface area contributed by atoms with Gasteiger partial charge >= 0.3 is 6.18 Å². The van der Waals surface area contributed by atoms with Crippen molar-refractivity contribution in [3.8, 4) is 11.8 Å². The molecule has 0 N–H and O–H groups in total. The van der Waals surface area contributed by atoms with Crippen LogP contribution in [0.1, 0.15) is 122 Å². The summed E-state index contributed by atoms with van der Waals surface area (Å²) in [5.41, 5.74) is 4.56. The maximum absolute atomic E-state index is 13.6. The summed E-state index contributed by atoms with van der Waals surface area (Å²) >= 11 is 0. The van der Waals surface area contributed by atoms with Gasteiger partial charge in [-0.3, -0.25) is 4.79 Å². The van der Waals surface area contributed by atoms with E-state index in [1.807, 2.05) is 26.0 Å². The van der Waals surface area contributed by atoms with Crippen molar-refractivity contribution in [2.45, 2.75) is 117 Å². The molecule has 1 nitrogen and oxygen atoms in total. The fourth-order valence-corrected chi connectivity index (χ4v) is 7.41. The highest BCUT2D eigenvalue weighted by atomic mass is 19.4. The van der Waals surface area contributed by atoms with Crippen molar-refractivity contribution in [1.82, 2.24) is 0 Å². The highest BCUT2D eigenvalue weighted by Crippen LogP contribution is 2.36. The molecule has 2 aromatic rings. The average molecular weight is 687 g/mol. The summed E-state index contributed by atoms with van der Waals surface area (Å²) in [4.78, 5) is 13.6. The van der Waals surface area contributed by atoms with Crippen molar-refractivity contribution >= 4 is 5.78 Å². The maximum Gasteiger partial charge on any atom is 0.416 e. The molecule has 0 radical (unpaired) electrons. The fraction of sp³-hybridized carbons (Fsp3) is 0.500. The lowest BCUT2D eigenvalue weighted by Crippen LogP contribution is -2.22. The standard InChI is InChI=1S/C44H53F3O.C2H6.H2/c1-6-33(11-12-34-13-15-36(16-14-34)30-38-21-27-42(28-22-38)44(45,46)47)17-23-39(7-2)43(48)32(5)41-10-8-9-35(20-26-41)29-37-18-24-40(25-19-37)31(3)4;1-2;/h6-7,17-19,21-25,27-28,31-32,34-36,41H,1-2,8-10,13-16,20,26,29-30H2,3-5H3;1-2H3;1H/b33-17+,39-23+;;. The molecule has 3 atom stereocenters. The molecule has 2 fully saturated rings. The van der Waals surface area contributed by atoms with Crippen LogP contribution in [0, 0.1) is 41.4 Å². The number of carbonyl (C=O) groups is 1. The van der Waals surface area contributed by atoms with Crippen LogP contribution in [0.2, 0.25) is 0 Å². The Morgan fingerprint density at radius 3 is 1.90 bits per heavy atom. The molecular formula is C46H61F3O. The lowest BCUT2D eigenvalue weighted by molar-refractivity contribution is -0.137. The Morgan fingerprint density at radius 1 is 0.800 bits per heavy atom. The second-order valence-corrected chi connectivity index (χ2v) is 14.4. The van der Waals surface area contributed by atoms with Gasteiger partial charge in [0.05, 0.1) is 5.56 Å². The van der Waals surface area contributed by atoms with E-state index >= 15 is 0 Å². The summed E-state index contributed by atoms with van der Waals surface area (Å²) in [5.74, 6) is 9.11. The SMILES string of the molecule is C=C/C(C#CC1CCC(Cc2ccc(C(F)(F)F)cc2)CC1)=C\C=C(/C=C)C(=O)C(C)C1CCCC(Cc2ccc(C(C)C)cc2)CC1.CC.[HH]. The van der Waals surface area contributed by atoms with Gasteiger partial charge in [-0.05, 0) is 116 Å². The molecule has 2 aliphatic carbocycles. The van der Waals surface area contributed by atoms with Crippen molar-refractivity contribution in [3.05, 3.63) is 119 Å². The molecule has 0 spiro atoms. The number of hydrogen-bond acceptors (Lipinski definition) is 1. The van der Waals surface area contributed by atoms with E-state index in [0.29, 0.717) is 29.2 Å². The zero-order valence-corrected chi connectivity index (χ0v) is 31.1. The Balaban J connectivity index is 0.00000295. The van der Waals surface area contributed by atoms with E-state index in [4.69, 9.17) is 0 Å². The van der Waals surface area contributed by atoms with E-state index in [2.05, 4.69) is 70.0 Å². The first-order valence-electron chi connectivity index (χ1n) is 18.9. The lowest BCUT2D eigenvalue weighted by atomic mass is 9.79. The average Bonchev–Trinajstić information content (AvgIpc) is 3.36. The quantitative estimate of drug-likeness (QED) is 0.0995. The van der Waals surface area contributed by atoms with Gasteiger partial charge in [0.2, 0.25) is 0 Å². The molecule has 4 heteroatoms. The number of hydrogen-bond donors (Lipinski definition) is 0. The summed E-state index contributed by atoms with van der Waals surface area (Å²) in [7, 11) is 0. The summed E-state index contributed by atoms with van der Waals surface area (Å²) in [6.07, 6.45) is 14.4. The van der Waals surface area contributed by atoms with E-state index in [-0.39, 0.29) is 19.0 Å². The third kappa shape index (κ3) is 12.6. The van der Waals surface area contributed by atoms with Crippen LogP contribution in [0.5, 0.6) is 0 Å². The largest absolute Gasteiger partial charge is 0.416 e. The third-order valence-electron chi connectivity index (χ3n) is 10.7. The van der Waals surface area contributed by atoms with Gasteiger partial charge in [-0.1, -0.05) is 127 Å². The first-order valence-corrected chi connectivity index (χ1v) is 18.9. The van der Waals surface area contributed by atoms with Gasteiger partial charge in [-0.15, -0.1) is 0 Å². The molecule has 2 aromatic carbocycles. The van der Waals surface area contributed by atoms with E-state index in [9.17, 15) is 18.0 Å². The van der Waals surface area contributed by atoms with Crippen LogP contribution in [-0.2, 0) is 23.8 Å². The van der Waals surface area contributed by atoms with Gasteiger partial charge in [0, 0.05) is 24.4 Å². The Bertz CT molecular complexity index is 1490. The highest BCUT2D eigenvalue weighted by molar-refractivity contribution is 5.99. The van der Waals surface area contributed by atoms with Crippen molar-refractivity contribution in [1.29, 1.82) is 0 Å². The van der Waals surface area contributed by atoms with Gasteiger partial charge in [0.15, 0.2) is 5.78 Å². The minimum absolute atomic E-state index is 0. The monoisotopic (exact) mass is 686 g/mol. The maximum atomic E-state index is 13.6. The Hall–Kier alpha value is -3.58. The predicted octanol–water partition coefficient (Wildman–Crippen LogP) is 13.3. The van der Waals surface area contributed by atoms with Crippen molar-refractivity contribution < 1.29 is 19.4 Å². The van der Waals surface area contributed by atoms with Crippen LogP contribution in [-0.4, -0.2) is 5.78 Å². The smallest absolute Gasteiger partial charge is 0.294 e. The van der Waals surface area contributed by atoms with Gasteiger partial charge < -0.3 is 0 Å². The molecule has 0 saturated heterocycles. The van der Waals surface area contributed by atoms with E-state index in [0.717, 1.165) is 75.3 Å². The molecule has 4 rings (SSSR count).